The molecule has 3 heteroatoms. The van der Waals surface area contributed by atoms with Gasteiger partial charge in [-0.3, -0.25) is 0 Å². The number of benzene rings is 7. The number of nitriles is 1. The van der Waals surface area contributed by atoms with Crippen LogP contribution in [0.4, 0.5) is 0 Å². The number of nitrogens with zero attached hydrogens (tertiary/aromatic N) is 3. The third-order valence-corrected chi connectivity index (χ3v) is 10.0. The molecular weight excluding hydrogens is 571 g/mol. The number of fused-ring (bicyclic) bond motifs is 9. The summed E-state index contributed by atoms with van der Waals surface area (Å²) in [5.41, 5.74) is 15.6. The van der Waals surface area contributed by atoms with Gasteiger partial charge in [-0.05, 0) is 100 Å². The number of rotatable bonds is 3. The molecule has 1 aliphatic carbocycles. The zero-order valence-electron chi connectivity index (χ0n) is 25.5. The smallest absolute Gasteiger partial charge is 0.0991 e. The lowest BCUT2D eigenvalue weighted by molar-refractivity contribution is 1.12. The van der Waals surface area contributed by atoms with E-state index < -0.39 is 0 Å². The van der Waals surface area contributed by atoms with Crippen LogP contribution in [0.1, 0.15) is 16.7 Å². The molecule has 218 valence electrons. The molecule has 0 spiro atoms. The van der Waals surface area contributed by atoms with Crippen molar-refractivity contribution in [1.82, 2.24) is 9.13 Å². The van der Waals surface area contributed by atoms with Gasteiger partial charge in [-0.2, -0.15) is 5.26 Å². The Morgan fingerprint density at radius 1 is 0.468 bits per heavy atom. The number of aromatic nitrogens is 2. The summed E-state index contributed by atoms with van der Waals surface area (Å²) in [4.78, 5) is 0. The van der Waals surface area contributed by atoms with Gasteiger partial charge in [0.05, 0.1) is 39.4 Å². The van der Waals surface area contributed by atoms with Crippen LogP contribution in [0.15, 0.2) is 152 Å². The van der Waals surface area contributed by atoms with E-state index in [0.717, 1.165) is 23.1 Å². The Labute approximate surface area is 271 Å². The molecule has 0 N–H and O–H groups in total. The minimum absolute atomic E-state index is 0.662. The predicted octanol–water partition coefficient (Wildman–Crippen LogP) is 11.0. The van der Waals surface area contributed by atoms with Crippen molar-refractivity contribution in [1.29, 1.82) is 5.26 Å². The largest absolute Gasteiger partial charge is 0.309 e. The molecule has 0 atom stereocenters. The first-order valence-electron chi connectivity index (χ1n) is 16.0. The first kappa shape index (κ1) is 25.9. The maximum atomic E-state index is 9.34. The highest BCUT2D eigenvalue weighted by molar-refractivity contribution is 6.13. The lowest BCUT2D eigenvalue weighted by Gasteiger charge is -2.13. The van der Waals surface area contributed by atoms with E-state index in [2.05, 4.69) is 143 Å². The maximum Gasteiger partial charge on any atom is 0.0991 e. The molecule has 10 rings (SSSR count). The third-order valence-electron chi connectivity index (χ3n) is 10.0. The lowest BCUT2D eigenvalue weighted by Crippen LogP contribution is -1.99. The van der Waals surface area contributed by atoms with Gasteiger partial charge >= 0.3 is 0 Å². The summed E-state index contributed by atoms with van der Waals surface area (Å²) >= 11 is 0. The Balaban J connectivity index is 1.16. The summed E-state index contributed by atoms with van der Waals surface area (Å²) in [6.07, 6.45) is 0.948. The van der Waals surface area contributed by atoms with Crippen LogP contribution in [0, 0.1) is 11.3 Å². The van der Waals surface area contributed by atoms with Gasteiger partial charge in [0, 0.05) is 33.7 Å². The van der Waals surface area contributed by atoms with E-state index in [9.17, 15) is 5.26 Å². The fourth-order valence-corrected chi connectivity index (χ4v) is 7.88. The molecule has 3 nitrogen and oxygen atoms in total. The van der Waals surface area contributed by atoms with Crippen molar-refractivity contribution < 1.29 is 0 Å². The van der Waals surface area contributed by atoms with Gasteiger partial charge in [0.15, 0.2) is 0 Å². The molecule has 0 unspecified atom stereocenters. The van der Waals surface area contributed by atoms with E-state index in [-0.39, 0.29) is 0 Å². The van der Waals surface area contributed by atoms with Gasteiger partial charge in [-0.1, -0.05) is 84.9 Å². The van der Waals surface area contributed by atoms with Crippen molar-refractivity contribution in [2.75, 3.05) is 0 Å². The maximum absolute atomic E-state index is 9.34. The summed E-state index contributed by atoms with van der Waals surface area (Å²) in [5.74, 6) is 0. The molecule has 2 aromatic heterocycles. The van der Waals surface area contributed by atoms with Crippen molar-refractivity contribution in [3.8, 4) is 39.7 Å². The average molecular weight is 598 g/mol. The summed E-state index contributed by atoms with van der Waals surface area (Å²) in [7, 11) is 0. The van der Waals surface area contributed by atoms with Crippen LogP contribution in [0.2, 0.25) is 0 Å². The van der Waals surface area contributed by atoms with Gasteiger partial charge in [0.1, 0.15) is 0 Å². The normalized spacial score (nSPS) is 12.1. The molecule has 0 bridgehead atoms. The van der Waals surface area contributed by atoms with Crippen molar-refractivity contribution in [3.63, 3.8) is 0 Å². The molecule has 0 fully saturated rings. The number of para-hydroxylation sites is 2. The third kappa shape index (κ3) is 3.73. The van der Waals surface area contributed by atoms with Gasteiger partial charge in [-0.25, -0.2) is 0 Å². The Hall–Kier alpha value is -6.37. The fraction of sp³-hybridized carbons (Fsp3) is 0.0227. The number of hydrogen-bond donors (Lipinski definition) is 0. The Morgan fingerprint density at radius 2 is 1.04 bits per heavy atom. The molecule has 0 amide bonds. The van der Waals surface area contributed by atoms with Crippen LogP contribution in [0.25, 0.3) is 77.2 Å². The molecule has 0 radical (unpaired) electrons. The average Bonchev–Trinajstić information content (AvgIpc) is 3.79. The van der Waals surface area contributed by atoms with E-state index in [1.54, 1.807) is 0 Å². The minimum atomic E-state index is 0.662. The van der Waals surface area contributed by atoms with Crippen LogP contribution in [-0.2, 0) is 6.42 Å². The Bertz CT molecular complexity index is 2770. The van der Waals surface area contributed by atoms with Crippen molar-refractivity contribution in [3.05, 3.63) is 168 Å². The van der Waals surface area contributed by atoms with Crippen LogP contribution >= 0.6 is 0 Å². The van der Waals surface area contributed by atoms with E-state index in [0.29, 0.717) is 5.56 Å². The van der Waals surface area contributed by atoms with Crippen molar-refractivity contribution >= 4 is 43.6 Å². The summed E-state index contributed by atoms with van der Waals surface area (Å²) in [6.45, 7) is 0. The summed E-state index contributed by atoms with van der Waals surface area (Å²) < 4.78 is 4.76. The molecule has 9 aromatic rings. The fourth-order valence-electron chi connectivity index (χ4n) is 7.88. The topological polar surface area (TPSA) is 33.6 Å². The van der Waals surface area contributed by atoms with Crippen LogP contribution in [0.3, 0.4) is 0 Å². The number of hydrogen-bond acceptors (Lipinski definition) is 1. The highest BCUT2D eigenvalue weighted by atomic mass is 15.0. The standard InChI is InChI=1S/C44H27N3/c45-27-28-16-20-32(21-17-28)46-40-13-5-3-10-35(40)38-24-29(18-22-43(38)46)30-19-23-44-39(25-30)36-11-4-6-14-41(36)47(44)42-15-7-12-34-33-9-2-1-8-31(33)26-37(34)42/h1-25H,26H2. The molecule has 47 heavy (non-hydrogen) atoms. The van der Waals surface area contributed by atoms with E-state index >= 15 is 0 Å². The zero-order chi connectivity index (χ0) is 31.1. The first-order chi connectivity index (χ1) is 23.3. The summed E-state index contributed by atoms with van der Waals surface area (Å²) in [5, 5.41) is 14.3. The molecule has 0 saturated heterocycles. The monoisotopic (exact) mass is 597 g/mol. The summed E-state index contributed by atoms with van der Waals surface area (Å²) in [6, 6.07) is 56.8. The van der Waals surface area contributed by atoms with E-state index in [1.807, 2.05) is 24.3 Å². The quantitative estimate of drug-likeness (QED) is 0.199. The van der Waals surface area contributed by atoms with E-state index in [4.69, 9.17) is 0 Å². The highest BCUT2D eigenvalue weighted by Gasteiger charge is 2.23. The van der Waals surface area contributed by atoms with Gasteiger partial charge < -0.3 is 9.13 Å². The van der Waals surface area contributed by atoms with Gasteiger partial charge in [0.2, 0.25) is 0 Å². The van der Waals surface area contributed by atoms with Crippen LogP contribution in [0.5, 0.6) is 0 Å². The lowest BCUT2D eigenvalue weighted by atomic mass is 10.0. The molecule has 2 heterocycles. The van der Waals surface area contributed by atoms with Crippen LogP contribution in [-0.4, -0.2) is 9.13 Å². The SMILES string of the molecule is N#Cc1ccc(-n2c3ccccc3c3cc(-c4ccc5c(c4)c4ccccc4n5-c4cccc5c4Cc4ccccc4-5)ccc32)cc1. The molecule has 0 aliphatic heterocycles. The second-order valence-electron chi connectivity index (χ2n) is 12.5. The first-order valence-corrected chi connectivity index (χ1v) is 16.0. The van der Waals surface area contributed by atoms with Crippen LogP contribution < -0.4 is 0 Å². The Kier molecular flexibility index (Phi) is 5.41. The van der Waals surface area contributed by atoms with Gasteiger partial charge in [-0.15, -0.1) is 0 Å². The predicted molar refractivity (Wildman–Crippen MR) is 194 cm³/mol. The second kappa shape index (κ2) is 9.81. The van der Waals surface area contributed by atoms with E-state index in [1.165, 1.54) is 71.6 Å². The molecule has 1 aliphatic rings. The minimum Gasteiger partial charge on any atom is -0.309 e. The molecule has 0 saturated carbocycles. The highest BCUT2D eigenvalue weighted by Crippen LogP contribution is 2.43. The zero-order valence-corrected chi connectivity index (χ0v) is 25.5. The Morgan fingerprint density at radius 3 is 1.74 bits per heavy atom. The molecular formula is C44H27N3. The van der Waals surface area contributed by atoms with Crippen molar-refractivity contribution in [2.45, 2.75) is 6.42 Å². The van der Waals surface area contributed by atoms with Crippen molar-refractivity contribution in [2.24, 2.45) is 0 Å². The molecule has 7 aromatic carbocycles. The second-order valence-corrected chi connectivity index (χ2v) is 12.5. The van der Waals surface area contributed by atoms with Gasteiger partial charge in [0.25, 0.3) is 0 Å².